The fourth-order valence-corrected chi connectivity index (χ4v) is 2.11. The maximum Gasteiger partial charge on any atom is 0.228 e. The number of hydrogen-bond donors (Lipinski definition) is 1. The Bertz CT molecular complexity index is 590. The predicted molar refractivity (Wildman–Crippen MR) is 59.2 cm³/mol. The number of hydrogen-bond acceptors (Lipinski definition) is 4. The van der Waals surface area contributed by atoms with E-state index in [4.69, 9.17) is 10.2 Å². The summed E-state index contributed by atoms with van der Waals surface area (Å²) >= 11 is 0. The monoisotopic (exact) mass is 219 g/mol. The van der Waals surface area contributed by atoms with E-state index >= 15 is 0 Å². The smallest absolute Gasteiger partial charge is 0.228 e. The van der Waals surface area contributed by atoms with Gasteiger partial charge in [0.25, 0.3) is 0 Å². The summed E-state index contributed by atoms with van der Waals surface area (Å²) in [6, 6.07) is 0. The van der Waals surface area contributed by atoms with Crippen molar-refractivity contribution < 1.29 is 9.21 Å². The highest BCUT2D eigenvalue weighted by Gasteiger charge is 2.35. The van der Waals surface area contributed by atoms with Crippen LogP contribution in [0.5, 0.6) is 0 Å². The highest BCUT2D eigenvalue weighted by molar-refractivity contribution is 6.13. The Balaban J connectivity index is 2.29. The molecule has 0 amide bonds. The van der Waals surface area contributed by atoms with Crippen molar-refractivity contribution in [3.63, 3.8) is 0 Å². The summed E-state index contributed by atoms with van der Waals surface area (Å²) in [5.41, 5.74) is 7.68. The lowest BCUT2D eigenvalue weighted by atomic mass is 10.1. The third kappa shape index (κ3) is 1.11. The van der Waals surface area contributed by atoms with Crippen molar-refractivity contribution >= 4 is 22.8 Å². The molecule has 2 aromatic heterocycles. The fraction of sp³-hybridized carbons (Fsp3) is 0.455. The topological polar surface area (TPSA) is 74.1 Å². The van der Waals surface area contributed by atoms with Crippen molar-refractivity contribution in [2.75, 3.05) is 5.73 Å². The van der Waals surface area contributed by atoms with E-state index in [2.05, 4.69) is 5.10 Å². The molecule has 1 aliphatic carbocycles. The standard InChI is InChI=1S/C11H13N3O2/c1-5-7-8(9(15)6-3-4-6)10(12)16-11(7)14(2)13-5/h6H,3-4,12H2,1-2H3. The number of ketones is 1. The third-order valence-corrected chi connectivity index (χ3v) is 3.07. The van der Waals surface area contributed by atoms with E-state index in [-0.39, 0.29) is 17.6 Å². The van der Waals surface area contributed by atoms with Crippen LogP contribution in [0, 0.1) is 12.8 Å². The molecule has 5 heteroatoms. The Morgan fingerprint density at radius 3 is 2.88 bits per heavy atom. The molecular weight excluding hydrogens is 206 g/mol. The van der Waals surface area contributed by atoms with E-state index in [1.54, 1.807) is 11.7 Å². The maximum atomic E-state index is 12.1. The second-order valence-electron chi connectivity index (χ2n) is 4.37. The summed E-state index contributed by atoms with van der Waals surface area (Å²) in [5.74, 6) is 0.470. The number of nitrogens with zero attached hydrogens (tertiary/aromatic N) is 2. The van der Waals surface area contributed by atoms with Crippen LogP contribution >= 0.6 is 0 Å². The van der Waals surface area contributed by atoms with Crippen LogP contribution in [0.15, 0.2) is 4.42 Å². The Morgan fingerprint density at radius 1 is 1.56 bits per heavy atom. The molecule has 5 nitrogen and oxygen atoms in total. The van der Waals surface area contributed by atoms with Gasteiger partial charge in [-0.3, -0.25) is 4.79 Å². The van der Waals surface area contributed by atoms with Crippen molar-refractivity contribution in [3.05, 3.63) is 11.3 Å². The van der Waals surface area contributed by atoms with Crippen LogP contribution in [0.25, 0.3) is 11.1 Å². The summed E-state index contributed by atoms with van der Waals surface area (Å²) in [4.78, 5) is 12.1. The largest absolute Gasteiger partial charge is 0.422 e. The molecule has 2 aromatic rings. The average molecular weight is 219 g/mol. The molecule has 2 heterocycles. The number of anilines is 1. The lowest BCUT2D eigenvalue weighted by Gasteiger charge is -1.96. The van der Waals surface area contributed by atoms with Crippen molar-refractivity contribution in [1.82, 2.24) is 9.78 Å². The second kappa shape index (κ2) is 2.87. The van der Waals surface area contributed by atoms with Crippen LogP contribution in [-0.4, -0.2) is 15.6 Å². The lowest BCUT2D eigenvalue weighted by molar-refractivity contribution is 0.0969. The molecule has 0 radical (unpaired) electrons. The van der Waals surface area contributed by atoms with Gasteiger partial charge in [0, 0.05) is 13.0 Å². The number of aryl methyl sites for hydroxylation is 2. The molecule has 0 spiro atoms. The van der Waals surface area contributed by atoms with E-state index in [9.17, 15) is 4.79 Å². The zero-order valence-corrected chi connectivity index (χ0v) is 9.28. The molecule has 1 saturated carbocycles. The average Bonchev–Trinajstić information content (AvgIpc) is 2.95. The molecule has 1 fully saturated rings. The number of fused-ring (bicyclic) bond motifs is 1. The van der Waals surface area contributed by atoms with Gasteiger partial charge in [-0.1, -0.05) is 0 Å². The van der Waals surface area contributed by atoms with Gasteiger partial charge in [-0.25, -0.2) is 4.68 Å². The first kappa shape index (κ1) is 9.45. The Hall–Kier alpha value is -1.78. The highest BCUT2D eigenvalue weighted by Crippen LogP contribution is 2.38. The van der Waals surface area contributed by atoms with Crippen LogP contribution in [0.3, 0.4) is 0 Å². The van der Waals surface area contributed by atoms with Crippen molar-refractivity contribution in [3.8, 4) is 0 Å². The quantitative estimate of drug-likeness (QED) is 0.779. The molecule has 0 aliphatic heterocycles. The second-order valence-corrected chi connectivity index (χ2v) is 4.37. The number of carbonyl (C=O) groups excluding carboxylic acids is 1. The molecule has 0 bridgehead atoms. The van der Waals surface area contributed by atoms with Gasteiger partial charge in [0.05, 0.1) is 16.6 Å². The molecule has 0 aromatic carbocycles. The Labute approximate surface area is 92.2 Å². The molecule has 2 N–H and O–H groups in total. The lowest BCUT2D eigenvalue weighted by Crippen LogP contribution is -2.03. The van der Waals surface area contributed by atoms with Crippen LogP contribution in [0.2, 0.25) is 0 Å². The van der Waals surface area contributed by atoms with E-state index in [0.717, 1.165) is 23.9 Å². The summed E-state index contributed by atoms with van der Waals surface area (Å²) < 4.78 is 7.02. The maximum absolute atomic E-state index is 12.1. The summed E-state index contributed by atoms with van der Waals surface area (Å²) in [5, 5.41) is 5.00. The first-order chi connectivity index (χ1) is 7.59. The summed E-state index contributed by atoms with van der Waals surface area (Å²) in [7, 11) is 1.78. The zero-order valence-electron chi connectivity index (χ0n) is 9.28. The van der Waals surface area contributed by atoms with Crippen molar-refractivity contribution in [2.45, 2.75) is 19.8 Å². The van der Waals surface area contributed by atoms with Gasteiger partial charge >= 0.3 is 0 Å². The minimum atomic E-state index is 0.104. The predicted octanol–water partition coefficient (Wildman–Crippen LogP) is 1.65. The molecular formula is C11H13N3O2. The van der Waals surface area contributed by atoms with Gasteiger partial charge in [0.15, 0.2) is 5.78 Å². The first-order valence-corrected chi connectivity index (χ1v) is 5.35. The molecule has 84 valence electrons. The van der Waals surface area contributed by atoms with E-state index in [1.165, 1.54) is 0 Å². The van der Waals surface area contributed by atoms with Crippen LogP contribution in [-0.2, 0) is 7.05 Å². The molecule has 16 heavy (non-hydrogen) atoms. The number of aromatic nitrogens is 2. The van der Waals surface area contributed by atoms with Gasteiger partial charge in [-0.05, 0) is 19.8 Å². The number of Topliss-reactive ketones (excluding diaryl/α,β-unsaturated/α-hetero) is 1. The van der Waals surface area contributed by atoms with E-state index < -0.39 is 0 Å². The highest BCUT2D eigenvalue weighted by atomic mass is 16.4. The van der Waals surface area contributed by atoms with E-state index in [1.807, 2.05) is 6.92 Å². The number of rotatable bonds is 2. The zero-order chi connectivity index (χ0) is 11.4. The fourth-order valence-electron chi connectivity index (χ4n) is 2.11. The summed E-state index contributed by atoms with van der Waals surface area (Å²) in [6.07, 6.45) is 1.93. The molecule has 0 unspecified atom stereocenters. The molecule has 0 atom stereocenters. The normalized spacial score (nSPS) is 15.9. The van der Waals surface area contributed by atoms with Crippen LogP contribution in [0.4, 0.5) is 5.88 Å². The number of furan rings is 1. The van der Waals surface area contributed by atoms with Crippen LogP contribution in [0.1, 0.15) is 28.9 Å². The first-order valence-electron chi connectivity index (χ1n) is 5.35. The third-order valence-electron chi connectivity index (χ3n) is 3.07. The van der Waals surface area contributed by atoms with E-state index in [0.29, 0.717) is 11.3 Å². The summed E-state index contributed by atoms with van der Waals surface area (Å²) in [6.45, 7) is 1.86. The molecule has 0 saturated heterocycles. The number of carbonyl (C=O) groups is 1. The van der Waals surface area contributed by atoms with Gasteiger partial charge < -0.3 is 10.2 Å². The minimum absolute atomic E-state index is 0.104. The molecule has 1 aliphatic rings. The SMILES string of the molecule is Cc1nn(C)c2oc(N)c(C(=O)C3CC3)c12. The van der Waals surface area contributed by atoms with Crippen molar-refractivity contribution in [2.24, 2.45) is 13.0 Å². The molecule has 3 rings (SSSR count). The van der Waals surface area contributed by atoms with Gasteiger partial charge in [0.2, 0.25) is 11.6 Å². The van der Waals surface area contributed by atoms with Gasteiger partial charge in [-0.2, -0.15) is 5.10 Å². The Kier molecular flexibility index (Phi) is 1.70. The van der Waals surface area contributed by atoms with Crippen molar-refractivity contribution in [1.29, 1.82) is 0 Å². The minimum Gasteiger partial charge on any atom is -0.422 e. The van der Waals surface area contributed by atoms with Crippen LogP contribution < -0.4 is 5.73 Å². The van der Waals surface area contributed by atoms with Gasteiger partial charge in [0.1, 0.15) is 0 Å². The van der Waals surface area contributed by atoms with Gasteiger partial charge in [-0.15, -0.1) is 0 Å². The Morgan fingerprint density at radius 2 is 2.25 bits per heavy atom. The number of nitrogen functional groups attached to an aromatic ring is 1. The number of nitrogens with two attached hydrogens (primary N) is 1.